The molecule has 1 atom stereocenters. The molecule has 0 aliphatic carbocycles. The van der Waals surface area contributed by atoms with E-state index in [1.54, 1.807) is 23.7 Å². The topological polar surface area (TPSA) is 55.9 Å². The monoisotopic (exact) mass is 290 g/mol. The molecule has 114 valence electrons. The molecule has 0 amide bonds. The summed E-state index contributed by atoms with van der Waals surface area (Å²) in [5, 5.41) is 7.77. The highest BCUT2D eigenvalue weighted by Gasteiger charge is 2.18. The van der Waals surface area contributed by atoms with Gasteiger partial charge in [0, 0.05) is 7.05 Å². The van der Waals surface area contributed by atoms with Crippen LogP contribution in [0.2, 0.25) is 0 Å². The smallest absolute Gasteiger partial charge is 0.148 e. The summed E-state index contributed by atoms with van der Waals surface area (Å²) in [6.45, 7) is 7.85. The number of nitrogen functional groups attached to an aromatic ring is 1. The van der Waals surface area contributed by atoms with Crippen molar-refractivity contribution in [1.29, 1.82) is 0 Å². The number of nitrogens with zero attached hydrogens (tertiary/aromatic N) is 2. The van der Waals surface area contributed by atoms with Gasteiger partial charge in [-0.1, -0.05) is 26.0 Å². The normalized spacial score (nSPS) is 12.7. The number of anilines is 2. The van der Waals surface area contributed by atoms with Crippen LogP contribution in [0.3, 0.4) is 0 Å². The molecule has 2 rings (SSSR count). The van der Waals surface area contributed by atoms with Crippen LogP contribution in [0, 0.1) is 12.7 Å². The maximum absolute atomic E-state index is 13.7. The van der Waals surface area contributed by atoms with Gasteiger partial charge >= 0.3 is 0 Å². The first-order valence-corrected chi connectivity index (χ1v) is 7.16. The summed E-state index contributed by atoms with van der Waals surface area (Å²) in [5.74, 6) is 0.841. The Morgan fingerprint density at radius 1 is 1.29 bits per heavy atom. The third-order valence-corrected chi connectivity index (χ3v) is 3.71. The molecule has 0 saturated carbocycles. The number of halogens is 1. The lowest BCUT2D eigenvalue weighted by Gasteiger charge is -2.17. The Morgan fingerprint density at radius 2 is 1.95 bits per heavy atom. The Kier molecular flexibility index (Phi) is 4.21. The van der Waals surface area contributed by atoms with E-state index in [1.807, 2.05) is 20.0 Å². The van der Waals surface area contributed by atoms with Gasteiger partial charge in [-0.15, -0.1) is 0 Å². The Bertz CT molecular complexity index is 646. The first kappa shape index (κ1) is 15.4. The number of benzene rings is 1. The fraction of sp³-hybridized carbons (Fsp3) is 0.438. The van der Waals surface area contributed by atoms with Crippen molar-refractivity contribution < 1.29 is 4.39 Å². The predicted octanol–water partition coefficient (Wildman–Crippen LogP) is 3.75. The van der Waals surface area contributed by atoms with E-state index in [0.29, 0.717) is 11.3 Å². The van der Waals surface area contributed by atoms with Gasteiger partial charge in [-0.25, -0.2) is 4.39 Å². The molecular formula is C16H23FN4. The van der Waals surface area contributed by atoms with Crippen molar-refractivity contribution in [3.63, 3.8) is 0 Å². The lowest BCUT2D eigenvalue weighted by Crippen LogP contribution is -2.11. The molecule has 3 N–H and O–H groups in total. The maximum Gasteiger partial charge on any atom is 0.148 e. The third kappa shape index (κ3) is 3.01. The van der Waals surface area contributed by atoms with Gasteiger partial charge in [0.25, 0.3) is 0 Å². The largest absolute Gasteiger partial charge is 0.394 e. The fourth-order valence-corrected chi connectivity index (χ4v) is 2.33. The Balaban J connectivity index is 2.27. The van der Waals surface area contributed by atoms with Crippen LogP contribution in [0.4, 0.5) is 15.9 Å². The van der Waals surface area contributed by atoms with Crippen LogP contribution >= 0.6 is 0 Å². The van der Waals surface area contributed by atoms with Crippen molar-refractivity contribution in [2.75, 3.05) is 11.1 Å². The van der Waals surface area contributed by atoms with Gasteiger partial charge in [0.05, 0.1) is 17.4 Å². The predicted molar refractivity (Wildman–Crippen MR) is 84.9 cm³/mol. The molecule has 0 bridgehead atoms. The molecule has 0 spiro atoms. The highest BCUT2D eigenvalue weighted by atomic mass is 19.1. The molecular weight excluding hydrogens is 267 g/mol. The summed E-state index contributed by atoms with van der Waals surface area (Å²) in [5.41, 5.74) is 9.23. The second-order valence-electron chi connectivity index (χ2n) is 5.80. The molecule has 0 radical (unpaired) electrons. The number of hydrogen-bond donors (Lipinski definition) is 2. The van der Waals surface area contributed by atoms with Crippen LogP contribution < -0.4 is 11.1 Å². The zero-order valence-electron chi connectivity index (χ0n) is 13.2. The van der Waals surface area contributed by atoms with Crippen molar-refractivity contribution in [1.82, 2.24) is 9.78 Å². The van der Waals surface area contributed by atoms with Gasteiger partial charge in [-0.05, 0) is 37.0 Å². The van der Waals surface area contributed by atoms with Crippen LogP contribution in [0.15, 0.2) is 18.2 Å². The van der Waals surface area contributed by atoms with E-state index in [4.69, 9.17) is 5.73 Å². The average molecular weight is 290 g/mol. The van der Waals surface area contributed by atoms with Crippen LogP contribution in [0.1, 0.15) is 49.6 Å². The molecule has 0 saturated heterocycles. The second kappa shape index (κ2) is 5.76. The lowest BCUT2D eigenvalue weighted by molar-refractivity contribution is 0.614. The summed E-state index contributed by atoms with van der Waals surface area (Å²) in [4.78, 5) is 0. The minimum absolute atomic E-state index is 0.0576. The summed E-state index contributed by atoms with van der Waals surface area (Å²) < 4.78 is 15.4. The molecule has 0 aliphatic heterocycles. The van der Waals surface area contributed by atoms with Gasteiger partial charge in [-0.2, -0.15) is 5.10 Å². The van der Waals surface area contributed by atoms with Gasteiger partial charge < -0.3 is 11.1 Å². The molecule has 0 aliphatic rings. The van der Waals surface area contributed by atoms with Crippen molar-refractivity contribution in [3.8, 4) is 0 Å². The molecule has 1 aromatic heterocycles. The van der Waals surface area contributed by atoms with E-state index >= 15 is 0 Å². The van der Waals surface area contributed by atoms with Crippen LogP contribution in [0.5, 0.6) is 0 Å². The lowest BCUT2D eigenvalue weighted by atomic mass is 10.1. The third-order valence-electron chi connectivity index (χ3n) is 3.71. The summed E-state index contributed by atoms with van der Waals surface area (Å²) >= 11 is 0. The molecule has 21 heavy (non-hydrogen) atoms. The standard InChI is InChI=1S/C16H23FN4/c1-9(2)15-14(18)16(21(5)20-15)19-11(4)12-7-6-10(3)13(17)8-12/h6-9,11,19H,18H2,1-5H3. The van der Waals surface area contributed by atoms with E-state index in [1.165, 1.54) is 0 Å². The Morgan fingerprint density at radius 3 is 2.48 bits per heavy atom. The summed E-state index contributed by atoms with van der Waals surface area (Å²) in [6.07, 6.45) is 0. The maximum atomic E-state index is 13.7. The summed E-state index contributed by atoms with van der Waals surface area (Å²) in [6, 6.07) is 5.21. The highest BCUT2D eigenvalue weighted by molar-refractivity contribution is 5.66. The fourth-order valence-electron chi connectivity index (χ4n) is 2.33. The van der Waals surface area contributed by atoms with Gasteiger partial charge in [-0.3, -0.25) is 4.68 Å². The van der Waals surface area contributed by atoms with Crippen LogP contribution in [-0.2, 0) is 7.05 Å². The molecule has 4 nitrogen and oxygen atoms in total. The number of aryl methyl sites for hydroxylation is 2. The van der Waals surface area contributed by atoms with Crippen LogP contribution in [-0.4, -0.2) is 9.78 Å². The quantitative estimate of drug-likeness (QED) is 0.901. The molecule has 0 fully saturated rings. The first-order chi connectivity index (χ1) is 9.81. The zero-order chi connectivity index (χ0) is 15.7. The van der Waals surface area contributed by atoms with Crippen molar-refractivity contribution >= 4 is 11.5 Å². The zero-order valence-corrected chi connectivity index (χ0v) is 13.2. The Labute approximate surface area is 125 Å². The minimum atomic E-state index is -0.193. The highest BCUT2D eigenvalue weighted by Crippen LogP contribution is 2.30. The SMILES string of the molecule is Cc1ccc(C(C)Nc2c(N)c(C(C)C)nn2C)cc1F. The van der Waals surface area contributed by atoms with E-state index in [0.717, 1.165) is 17.1 Å². The van der Waals surface area contributed by atoms with E-state index in [-0.39, 0.29) is 17.8 Å². The average Bonchev–Trinajstić information content (AvgIpc) is 2.70. The second-order valence-corrected chi connectivity index (χ2v) is 5.80. The van der Waals surface area contributed by atoms with Gasteiger partial charge in [0.1, 0.15) is 11.6 Å². The van der Waals surface area contributed by atoms with Gasteiger partial charge in [0.15, 0.2) is 0 Å². The van der Waals surface area contributed by atoms with Crippen molar-refractivity contribution in [3.05, 3.63) is 40.8 Å². The summed E-state index contributed by atoms with van der Waals surface area (Å²) in [7, 11) is 1.85. The van der Waals surface area contributed by atoms with Crippen LogP contribution in [0.25, 0.3) is 0 Å². The molecule has 2 aromatic rings. The molecule has 1 heterocycles. The number of rotatable bonds is 4. The minimum Gasteiger partial charge on any atom is -0.394 e. The molecule has 1 unspecified atom stereocenters. The molecule has 5 heteroatoms. The van der Waals surface area contributed by atoms with Gasteiger partial charge in [0.2, 0.25) is 0 Å². The van der Waals surface area contributed by atoms with Crippen molar-refractivity contribution in [2.24, 2.45) is 7.05 Å². The molecule has 1 aromatic carbocycles. The van der Waals surface area contributed by atoms with E-state index < -0.39 is 0 Å². The van der Waals surface area contributed by atoms with E-state index in [9.17, 15) is 4.39 Å². The number of nitrogens with two attached hydrogens (primary N) is 1. The number of hydrogen-bond acceptors (Lipinski definition) is 3. The number of nitrogens with one attached hydrogen (secondary N) is 1. The Hall–Kier alpha value is -2.04. The first-order valence-electron chi connectivity index (χ1n) is 7.16. The number of aromatic nitrogens is 2. The van der Waals surface area contributed by atoms with Crippen molar-refractivity contribution in [2.45, 2.75) is 39.7 Å². The van der Waals surface area contributed by atoms with E-state index in [2.05, 4.69) is 24.3 Å².